The molecule has 8 heteroatoms. The second-order valence-electron chi connectivity index (χ2n) is 7.37. The third kappa shape index (κ3) is 7.53. The van der Waals surface area contributed by atoms with Gasteiger partial charge in [0.05, 0.1) is 13.2 Å². The van der Waals surface area contributed by atoms with Crippen molar-refractivity contribution < 1.29 is 4.74 Å². The van der Waals surface area contributed by atoms with Gasteiger partial charge in [-0.2, -0.15) is 0 Å². The minimum absolute atomic E-state index is 0. The molecule has 0 bridgehead atoms. The minimum atomic E-state index is 0. The fourth-order valence-corrected chi connectivity index (χ4v) is 3.49. The molecule has 0 aliphatic carbocycles. The van der Waals surface area contributed by atoms with E-state index in [4.69, 9.17) is 9.73 Å². The van der Waals surface area contributed by atoms with Crippen LogP contribution in [0.5, 0.6) is 5.75 Å². The van der Waals surface area contributed by atoms with E-state index in [0.717, 1.165) is 55.8 Å². The smallest absolute Gasteiger partial charge is 0.191 e. The van der Waals surface area contributed by atoms with E-state index in [1.807, 2.05) is 37.4 Å². The van der Waals surface area contributed by atoms with Gasteiger partial charge in [-0.1, -0.05) is 24.3 Å². The topological polar surface area (TPSA) is 65.0 Å². The van der Waals surface area contributed by atoms with Crippen LogP contribution in [0.15, 0.2) is 47.6 Å². The first-order valence-electron chi connectivity index (χ1n) is 10.8. The predicted octanol–water partition coefficient (Wildman–Crippen LogP) is 3.11. The number of guanidine groups is 1. The number of ether oxygens (including phenoxy) is 1. The number of aliphatic imine (C=N–C) groups is 1. The lowest BCUT2D eigenvalue weighted by Crippen LogP contribution is -2.45. The second kappa shape index (κ2) is 13.4. The van der Waals surface area contributed by atoms with Crippen LogP contribution in [0.25, 0.3) is 0 Å². The Bertz CT molecular complexity index is 823. The molecule has 0 spiro atoms. The fraction of sp³-hybridized carbons (Fsp3) is 0.478. The summed E-state index contributed by atoms with van der Waals surface area (Å²) in [5.41, 5.74) is 2.26. The van der Waals surface area contributed by atoms with E-state index in [1.54, 1.807) is 0 Å². The van der Waals surface area contributed by atoms with Gasteiger partial charge in [0.1, 0.15) is 11.6 Å². The SMILES string of the molecule is CCNC(=NCc1ccccc1OCC)NCc1cccnc1N1CCN(C)CC1.I. The molecule has 2 N–H and O–H groups in total. The molecular weight excluding hydrogens is 503 g/mol. The van der Waals surface area contributed by atoms with Crippen molar-refractivity contribution in [2.24, 2.45) is 4.99 Å². The molecule has 0 radical (unpaired) electrons. The molecule has 2 aromatic rings. The van der Waals surface area contributed by atoms with Crippen molar-refractivity contribution in [2.45, 2.75) is 26.9 Å². The van der Waals surface area contributed by atoms with E-state index in [9.17, 15) is 0 Å². The van der Waals surface area contributed by atoms with E-state index >= 15 is 0 Å². The van der Waals surface area contributed by atoms with E-state index in [2.05, 4.69) is 51.5 Å². The molecule has 0 atom stereocenters. The van der Waals surface area contributed by atoms with Crippen LogP contribution in [-0.4, -0.2) is 62.2 Å². The van der Waals surface area contributed by atoms with Crippen LogP contribution in [0.2, 0.25) is 0 Å². The van der Waals surface area contributed by atoms with Crippen molar-refractivity contribution in [3.8, 4) is 5.75 Å². The number of rotatable bonds is 8. The van der Waals surface area contributed by atoms with Crippen molar-refractivity contribution in [1.29, 1.82) is 0 Å². The largest absolute Gasteiger partial charge is 0.494 e. The first kappa shape index (κ1) is 25.2. The summed E-state index contributed by atoms with van der Waals surface area (Å²) in [6.45, 7) is 10.9. The number of halogens is 1. The normalized spacial score (nSPS) is 14.7. The Hall–Kier alpha value is -2.07. The zero-order chi connectivity index (χ0) is 21.2. The van der Waals surface area contributed by atoms with Gasteiger partial charge in [0.15, 0.2) is 5.96 Å². The molecule has 1 aromatic heterocycles. The van der Waals surface area contributed by atoms with Gasteiger partial charge in [-0.3, -0.25) is 0 Å². The number of benzene rings is 1. The van der Waals surface area contributed by atoms with E-state index < -0.39 is 0 Å². The maximum Gasteiger partial charge on any atom is 0.191 e. The van der Waals surface area contributed by atoms with Gasteiger partial charge in [-0.25, -0.2) is 9.98 Å². The van der Waals surface area contributed by atoms with Crippen LogP contribution >= 0.6 is 24.0 Å². The second-order valence-corrected chi connectivity index (χ2v) is 7.37. The van der Waals surface area contributed by atoms with Crippen molar-refractivity contribution >= 4 is 35.8 Å². The molecular formula is C23H35IN6O. The highest BCUT2D eigenvalue weighted by molar-refractivity contribution is 14.0. The molecule has 2 heterocycles. The van der Waals surface area contributed by atoms with Crippen molar-refractivity contribution in [1.82, 2.24) is 20.5 Å². The van der Waals surface area contributed by atoms with Crippen LogP contribution in [0.3, 0.4) is 0 Å². The Balaban J connectivity index is 0.00000341. The van der Waals surface area contributed by atoms with Gasteiger partial charge in [0, 0.05) is 56.6 Å². The number of hydrogen-bond acceptors (Lipinski definition) is 5. The number of nitrogens with zero attached hydrogens (tertiary/aromatic N) is 4. The monoisotopic (exact) mass is 538 g/mol. The molecule has 170 valence electrons. The summed E-state index contributed by atoms with van der Waals surface area (Å²) in [6.07, 6.45) is 1.88. The molecule has 0 unspecified atom stereocenters. The van der Waals surface area contributed by atoms with Crippen LogP contribution in [0.4, 0.5) is 5.82 Å². The average molecular weight is 538 g/mol. The molecule has 3 rings (SSSR count). The number of piperazine rings is 1. The molecule has 1 aliphatic rings. The summed E-state index contributed by atoms with van der Waals surface area (Å²) in [5, 5.41) is 6.80. The lowest BCUT2D eigenvalue weighted by atomic mass is 10.2. The number of nitrogens with one attached hydrogen (secondary N) is 2. The molecule has 0 amide bonds. The summed E-state index contributed by atoms with van der Waals surface area (Å²) in [4.78, 5) is 14.2. The zero-order valence-corrected chi connectivity index (χ0v) is 21.1. The standard InChI is InChI=1S/C23H34N6O.HI/c1-4-24-23(26-17-19-9-6-7-11-21(19)30-5-2)27-18-20-10-8-12-25-22(20)29-15-13-28(3)14-16-29;/h6-12H,4-5,13-18H2,1-3H3,(H2,24,26,27);1H. The van der Waals surface area contributed by atoms with Crippen LogP contribution in [0, 0.1) is 0 Å². The summed E-state index contributed by atoms with van der Waals surface area (Å²) < 4.78 is 5.72. The number of pyridine rings is 1. The Labute approximate surface area is 203 Å². The van der Waals surface area contributed by atoms with Crippen molar-refractivity contribution in [2.75, 3.05) is 51.3 Å². The number of anilines is 1. The Kier molecular flexibility index (Phi) is 10.9. The molecule has 1 aromatic carbocycles. The van der Waals surface area contributed by atoms with Crippen LogP contribution in [-0.2, 0) is 13.1 Å². The maximum absolute atomic E-state index is 5.72. The van der Waals surface area contributed by atoms with Crippen LogP contribution < -0.4 is 20.3 Å². The zero-order valence-electron chi connectivity index (χ0n) is 18.8. The quantitative estimate of drug-likeness (QED) is 0.306. The molecule has 7 nitrogen and oxygen atoms in total. The summed E-state index contributed by atoms with van der Waals surface area (Å²) in [6, 6.07) is 12.2. The molecule has 1 saturated heterocycles. The van der Waals surface area contributed by atoms with Crippen molar-refractivity contribution in [3.05, 3.63) is 53.7 Å². The number of para-hydroxylation sites is 1. The van der Waals surface area contributed by atoms with Gasteiger partial charge in [0.25, 0.3) is 0 Å². The lowest BCUT2D eigenvalue weighted by Gasteiger charge is -2.34. The molecule has 0 saturated carbocycles. The summed E-state index contributed by atoms with van der Waals surface area (Å²) in [7, 11) is 2.17. The van der Waals surface area contributed by atoms with E-state index in [-0.39, 0.29) is 24.0 Å². The van der Waals surface area contributed by atoms with Crippen molar-refractivity contribution in [3.63, 3.8) is 0 Å². The number of likely N-dealkylation sites (N-methyl/N-ethyl adjacent to an activating group) is 1. The lowest BCUT2D eigenvalue weighted by molar-refractivity contribution is 0.312. The summed E-state index contributed by atoms with van der Waals surface area (Å²) in [5.74, 6) is 2.75. The first-order chi connectivity index (χ1) is 14.7. The summed E-state index contributed by atoms with van der Waals surface area (Å²) >= 11 is 0. The maximum atomic E-state index is 5.72. The van der Waals surface area contributed by atoms with Gasteiger partial charge in [0.2, 0.25) is 0 Å². The highest BCUT2D eigenvalue weighted by atomic mass is 127. The first-order valence-corrected chi connectivity index (χ1v) is 10.8. The molecule has 1 fully saturated rings. The fourth-order valence-electron chi connectivity index (χ4n) is 3.49. The van der Waals surface area contributed by atoms with E-state index in [0.29, 0.717) is 19.7 Å². The Morgan fingerprint density at radius 2 is 1.77 bits per heavy atom. The minimum Gasteiger partial charge on any atom is -0.494 e. The van der Waals surface area contributed by atoms with Crippen LogP contribution in [0.1, 0.15) is 25.0 Å². The Morgan fingerprint density at radius 3 is 2.52 bits per heavy atom. The third-order valence-corrected chi connectivity index (χ3v) is 5.14. The predicted molar refractivity (Wildman–Crippen MR) is 139 cm³/mol. The van der Waals surface area contributed by atoms with E-state index in [1.165, 1.54) is 5.56 Å². The number of aromatic nitrogens is 1. The average Bonchev–Trinajstić information content (AvgIpc) is 2.77. The van der Waals surface area contributed by atoms with Gasteiger partial charge in [-0.15, -0.1) is 24.0 Å². The molecule has 1 aliphatic heterocycles. The van der Waals surface area contributed by atoms with Gasteiger partial charge in [-0.05, 0) is 33.0 Å². The third-order valence-electron chi connectivity index (χ3n) is 5.14. The van der Waals surface area contributed by atoms with Gasteiger partial charge >= 0.3 is 0 Å². The molecule has 31 heavy (non-hydrogen) atoms. The number of hydrogen-bond donors (Lipinski definition) is 2. The highest BCUT2D eigenvalue weighted by Crippen LogP contribution is 2.20. The Morgan fingerprint density at radius 1 is 1.03 bits per heavy atom. The highest BCUT2D eigenvalue weighted by Gasteiger charge is 2.18. The van der Waals surface area contributed by atoms with Gasteiger partial charge < -0.3 is 25.2 Å².